The summed E-state index contributed by atoms with van der Waals surface area (Å²) in [6, 6.07) is 15.8. The van der Waals surface area contributed by atoms with E-state index < -0.39 is 5.63 Å². The van der Waals surface area contributed by atoms with Crippen LogP contribution in [0.3, 0.4) is 0 Å². The molecule has 0 bridgehead atoms. The molecule has 0 unspecified atom stereocenters. The molecule has 5 rings (SSSR count). The number of phenols is 1. The molecule has 3 heterocycles. The second kappa shape index (κ2) is 7.53. The summed E-state index contributed by atoms with van der Waals surface area (Å²) in [6.07, 6.45) is 3.34. The van der Waals surface area contributed by atoms with Gasteiger partial charge in [0.05, 0.1) is 17.4 Å². The lowest BCUT2D eigenvalue weighted by molar-refractivity contribution is 0.470. The van der Waals surface area contributed by atoms with E-state index in [-0.39, 0.29) is 11.3 Å². The van der Waals surface area contributed by atoms with Crippen molar-refractivity contribution in [3.8, 4) is 22.7 Å². The Bertz CT molecular complexity index is 1590. The van der Waals surface area contributed by atoms with Crippen molar-refractivity contribution in [2.45, 2.75) is 26.7 Å². The summed E-state index contributed by atoms with van der Waals surface area (Å²) in [5, 5.41) is 11.7. The maximum atomic E-state index is 12.6. The Morgan fingerprint density at radius 3 is 2.59 bits per heavy atom. The van der Waals surface area contributed by atoms with Crippen molar-refractivity contribution in [3.63, 3.8) is 0 Å². The van der Waals surface area contributed by atoms with E-state index in [1.807, 2.05) is 37.3 Å². The number of aryl methyl sites for hydroxylation is 2. The lowest BCUT2D eigenvalue weighted by atomic mass is 9.98. The Hall–Kier alpha value is -4.13. The van der Waals surface area contributed by atoms with Crippen molar-refractivity contribution in [2.75, 3.05) is 0 Å². The van der Waals surface area contributed by atoms with E-state index in [1.165, 1.54) is 16.8 Å². The van der Waals surface area contributed by atoms with Gasteiger partial charge in [-0.1, -0.05) is 31.5 Å². The second-order valence-corrected chi connectivity index (χ2v) is 7.76. The highest BCUT2D eigenvalue weighted by atomic mass is 16.4. The number of hydrogen-bond acceptors (Lipinski definition) is 5. The zero-order valence-corrected chi connectivity index (χ0v) is 17.7. The van der Waals surface area contributed by atoms with Gasteiger partial charge in [-0.05, 0) is 43.2 Å². The number of phenolic OH excluding ortho intramolecular Hbond substituents is 1. The minimum Gasteiger partial charge on any atom is -0.507 e. The number of para-hydroxylation sites is 1. The SMILES string of the molecule is CCCc1cc(=O)oc2c(C)c(O)c(-c3ccn4c(cc(=O)n4-c4ccccc4)n3)cc12. The van der Waals surface area contributed by atoms with Gasteiger partial charge in [0.1, 0.15) is 11.3 Å². The van der Waals surface area contributed by atoms with Crippen LogP contribution < -0.4 is 11.2 Å². The number of nitrogens with zero attached hydrogens (tertiary/aromatic N) is 3. The Morgan fingerprint density at radius 2 is 1.84 bits per heavy atom. The zero-order chi connectivity index (χ0) is 22.4. The van der Waals surface area contributed by atoms with Crippen LogP contribution in [0.15, 0.2) is 74.8 Å². The number of rotatable bonds is 4. The number of benzene rings is 2. The van der Waals surface area contributed by atoms with E-state index in [1.54, 1.807) is 29.8 Å². The lowest BCUT2D eigenvalue weighted by Crippen LogP contribution is -2.16. The predicted molar refractivity (Wildman–Crippen MR) is 123 cm³/mol. The van der Waals surface area contributed by atoms with Gasteiger partial charge in [-0.3, -0.25) is 4.79 Å². The van der Waals surface area contributed by atoms with E-state index in [0.717, 1.165) is 23.1 Å². The quantitative estimate of drug-likeness (QED) is 0.434. The van der Waals surface area contributed by atoms with Crippen LogP contribution in [0.2, 0.25) is 0 Å². The highest BCUT2D eigenvalue weighted by Gasteiger charge is 2.18. The highest BCUT2D eigenvalue weighted by molar-refractivity contribution is 5.91. The van der Waals surface area contributed by atoms with Crippen LogP contribution in [-0.4, -0.2) is 19.3 Å². The van der Waals surface area contributed by atoms with E-state index in [4.69, 9.17) is 4.42 Å². The van der Waals surface area contributed by atoms with Crippen molar-refractivity contribution in [3.05, 3.63) is 92.7 Å². The minimum absolute atomic E-state index is 0.00372. The molecule has 0 radical (unpaired) electrons. The molecule has 0 spiro atoms. The molecular formula is C25H21N3O4. The standard InChI is InChI=1S/C25H21N3O4/c1-3-7-16-12-23(30)32-25-15(2)24(31)19(13-18(16)25)20-10-11-27-21(26-20)14-22(29)28(27)17-8-5-4-6-9-17/h4-6,8-14,31H,3,7H2,1-2H3. The average Bonchev–Trinajstić information content (AvgIpc) is 3.12. The molecule has 0 aliphatic rings. The van der Waals surface area contributed by atoms with Gasteiger partial charge >= 0.3 is 5.63 Å². The predicted octanol–water partition coefficient (Wildman–Crippen LogP) is 4.23. The number of aromatic hydroxyl groups is 1. The fourth-order valence-electron chi connectivity index (χ4n) is 4.13. The smallest absolute Gasteiger partial charge is 0.336 e. The first-order valence-corrected chi connectivity index (χ1v) is 10.4. The molecule has 1 N–H and O–H groups in total. The zero-order valence-electron chi connectivity index (χ0n) is 17.7. The normalized spacial score (nSPS) is 11.4. The first-order chi connectivity index (χ1) is 15.5. The summed E-state index contributed by atoms with van der Waals surface area (Å²) in [5.41, 5.74) is 3.33. The molecule has 32 heavy (non-hydrogen) atoms. The molecule has 0 aliphatic carbocycles. The van der Waals surface area contributed by atoms with E-state index in [2.05, 4.69) is 4.98 Å². The molecule has 0 saturated carbocycles. The lowest BCUT2D eigenvalue weighted by Gasteiger charge is -2.13. The first kappa shape index (κ1) is 19.8. The van der Waals surface area contributed by atoms with Crippen molar-refractivity contribution < 1.29 is 9.52 Å². The Labute approximate surface area is 182 Å². The summed E-state index contributed by atoms with van der Waals surface area (Å²) in [4.78, 5) is 29.3. The van der Waals surface area contributed by atoms with Crippen molar-refractivity contribution in [1.82, 2.24) is 14.2 Å². The van der Waals surface area contributed by atoms with Gasteiger partial charge in [0, 0.05) is 28.8 Å². The average molecular weight is 427 g/mol. The van der Waals surface area contributed by atoms with Gasteiger partial charge in [0.15, 0.2) is 5.65 Å². The van der Waals surface area contributed by atoms with Gasteiger partial charge < -0.3 is 9.52 Å². The Morgan fingerprint density at radius 1 is 1.06 bits per heavy atom. The van der Waals surface area contributed by atoms with E-state index >= 15 is 0 Å². The molecular weight excluding hydrogens is 406 g/mol. The monoisotopic (exact) mass is 427 g/mol. The molecule has 160 valence electrons. The molecule has 5 aromatic rings. The largest absolute Gasteiger partial charge is 0.507 e. The minimum atomic E-state index is -0.433. The maximum Gasteiger partial charge on any atom is 0.336 e. The molecule has 2 aromatic carbocycles. The molecule has 0 aliphatic heterocycles. The molecule has 3 aromatic heterocycles. The third kappa shape index (κ3) is 3.10. The van der Waals surface area contributed by atoms with Crippen molar-refractivity contribution >= 4 is 16.6 Å². The topological polar surface area (TPSA) is 89.7 Å². The number of fused-ring (bicyclic) bond motifs is 2. The molecule has 0 amide bonds. The van der Waals surface area contributed by atoms with Gasteiger partial charge in [0.2, 0.25) is 0 Å². The van der Waals surface area contributed by atoms with Crippen LogP contribution in [-0.2, 0) is 6.42 Å². The third-order valence-corrected chi connectivity index (χ3v) is 5.64. The maximum absolute atomic E-state index is 12.6. The van der Waals surface area contributed by atoms with Crippen LogP contribution >= 0.6 is 0 Å². The van der Waals surface area contributed by atoms with Gasteiger partial charge in [-0.15, -0.1) is 0 Å². The van der Waals surface area contributed by atoms with Crippen LogP contribution in [0, 0.1) is 6.92 Å². The highest BCUT2D eigenvalue weighted by Crippen LogP contribution is 2.37. The van der Waals surface area contributed by atoms with Crippen LogP contribution in [0.1, 0.15) is 24.5 Å². The van der Waals surface area contributed by atoms with E-state index in [0.29, 0.717) is 34.5 Å². The molecule has 7 nitrogen and oxygen atoms in total. The number of hydrogen-bond donors (Lipinski definition) is 1. The summed E-state index contributed by atoms with van der Waals surface area (Å²) in [6.45, 7) is 3.76. The van der Waals surface area contributed by atoms with Gasteiger partial charge in [-0.2, -0.15) is 0 Å². The Balaban J connectivity index is 1.73. The van der Waals surface area contributed by atoms with Crippen LogP contribution in [0.25, 0.3) is 33.6 Å². The summed E-state index contributed by atoms with van der Waals surface area (Å²) in [5.74, 6) is -0.00372. The summed E-state index contributed by atoms with van der Waals surface area (Å²) < 4.78 is 8.61. The molecule has 7 heteroatoms. The second-order valence-electron chi connectivity index (χ2n) is 7.76. The molecule has 0 saturated heterocycles. The third-order valence-electron chi connectivity index (χ3n) is 5.64. The van der Waals surface area contributed by atoms with Gasteiger partial charge in [-0.25, -0.2) is 19.0 Å². The number of aromatic nitrogens is 3. The Kier molecular flexibility index (Phi) is 4.66. The van der Waals surface area contributed by atoms with Crippen LogP contribution in [0.4, 0.5) is 0 Å². The van der Waals surface area contributed by atoms with Crippen molar-refractivity contribution in [2.24, 2.45) is 0 Å². The van der Waals surface area contributed by atoms with E-state index in [9.17, 15) is 14.7 Å². The molecule has 0 atom stereocenters. The first-order valence-electron chi connectivity index (χ1n) is 10.4. The summed E-state index contributed by atoms with van der Waals surface area (Å²) >= 11 is 0. The fourth-order valence-corrected chi connectivity index (χ4v) is 4.13. The summed E-state index contributed by atoms with van der Waals surface area (Å²) in [7, 11) is 0. The molecule has 0 fully saturated rings. The fraction of sp³-hybridized carbons (Fsp3) is 0.160. The van der Waals surface area contributed by atoms with Gasteiger partial charge in [0.25, 0.3) is 5.56 Å². The van der Waals surface area contributed by atoms with Crippen LogP contribution in [0.5, 0.6) is 5.75 Å². The van der Waals surface area contributed by atoms with Crippen molar-refractivity contribution in [1.29, 1.82) is 0 Å².